The van der Waals surface area contributed by atoms with Crippen LogP contribution in [0.15, 0.2) is 29.6 Å². The standard InChI is InChI=1S/C20H20N2O5S/c1-10(21-19(26)27-20(2,3)4)18(25)22-13-9-28-17-14(13)15(23)11-7-5-6-8-12(11)16(17)24/h5-10H,1-4H3,(H,21,26)(H,22,25)/t10-/m0/s1. The maximum Gasteiger partial charge on any atom is 0.408 e. The molecule has 2 N–H and O–H groups in total. The minimum absolute atomic E-state index is 0.187. The fraction of sp³-hybridized carbons (Fsp3) is 0.300. The average molecular weight is 400 g/mol. The molecule has 0 aliphatic heterocycles. The van der Waals surface area contributed by atoms with Crippen LogP contribution in [-0.2, 0) is 9.53 Å². The van der Waals surface area contributed by atoms with Gasteiger partial charge in [0.25, 0.3) is 0 Å². The number of thiophene rings is 1. The second-order valence-corrected chi connectivity index (χ2v) is 8.29. The molecular weight excluding hydrogens is 380 g/mol. The Kier molecular flexibility index (Phi) is 5.08. The van der Waals surface area contributed by atoms with Crippen LogP contribution >= 0.6 is 11.3 Å². The number of amides is 2. The van der Waals surface area contributed by atoms with E-state index in [1.807, 2.05) is 0 Å². The Labute approximate surface area is 166 Å². The lowest BCUT2D eigenvalue weighted by Gasteiger charge is -2.22. The third kappa shape index (κ3) is 3.82. The molecule has 0 radical (unpaired) electrons. The summed E-state index contributed by atoms with van der Waals surface area (Å²) < 4.78 is 5.13. The van der Waals surface area contributed by atoms with Gasteiger partial charge in [-0.15, -0.1) is 11.3 Å². The average Bonchev–Trinajstić information content (AvgIpc) is 3.02. The van der Waals surface area contributed by atoms with Gasteiger partial charge < -0.3 is 15.4 Å². The molecule has 8 heteroatoms. The van der Waals surface area contributed by atoms with Crippen LogP contribution in [-0.4, -0.2) is 35.2 Å². The topological polar surface area (TPSA) is 102 Å². The molecular formula is C20H20N2O5S. The first-order valence-corrected chi connectivity index (χ1v) is 9.56. The highest BCUT2D eigenvalue weighted by atomic mass is 32.1. The molecule has 2 aromatic rings. The van der Waals surface area contributed by atoms with Crippen molar-refractivity contribution in [2.45, 2.75) is 39.3 Å². The monoisotopic (exact) mass is 400 g/mol. The highest BCUT2D eigenvalue weighted by Gasteiger charge is 2.34. The van der Waals surface area contributed by atoms with Crippen LogP contribution in [0.3, 0.4) is 0 Å². The van der Waals surface area contributed by atoms with Crippen molar-refractivity contribution in [1.29, 1.82) is 0 Å². The summed E-state index contributed by atoms with van der Waals surface area (Å²) in [5.41, 5.74) is 0.433. The van der Waals surface area contributed by atoms with Crippen LogP contribution in [0.2, 0.25) is 0 Å². The Balaban J connectivity index is 1.77. The highest BCUT2D eigenvalue weighted by molar-refractivity contribution is 7.13. The summed E-state index contributed by atoms with van der Waals surface area (Å²) in [6, 6.07) is 5.70. The Bertz CT molecular complexity index is 987. The molecule has 7 nitrogen and oxygen atoms in total. The Morgan fingerprint density at radius 1 is 1.07 bits per heavy atom. The SMILES string of the molecule is C[C@H](NC(=O)OC(C)(C)C)C(=O)Nc1csc2c1C(=O)c1ccccc1C2=O. The maximum atomic E-state index is 12.8. The zero-order valence-electron chi connectivity index (χ0n) is 15.9. The van der Waals surface area contributed by atoms with Crippen molar-refractivity contribution in [3.63, 3.8) is 0 Å². The number of carbonyl (C=O) groups is 4. The number of ketones is 2. The first-order chi connectivity index (χ1) is 13.1. The number of anilines is 1. The van der Waals surface area contributed by atoms with Crippen LogP contribution < -0.4 is 10.6 Å². The lowest BCUT2D eigenvalue weighted by atomic mass is 9.88. The maximum absolute atomic E-state index is 12.8. The number of carbonyl (C=O) groups excluding carboxylic acids is 4. The molecule has 0 unspecified atom stereocenters. The Morgan fingerprint density at radius 2 is 1.68 bits per heavy atom. The van der Waals surface area contributed by atoms with Crippen molar-refractivity contribution in [1.82, 2.24) is 5.32 Å². The van der Waals surface area contributed by atoms with E-state index in [9.17, 15) is 19.2 Å². The quantitative estimate of drug-likeness (QED) is 0.702. The van der Waals surface area contributed by atoms with E-state index in [1.165, 1.54) is 6.92 Å². The first-order valence-electron chi connectivity index (χ1n) is 8.69. The molecule has 0 spiro atoms. The van der Waals surface area contributed by atoms with Gasteiger partial charge in [0.15, 0.2) is 5.78 Å². The Morgan fingerprint density at radius 3 is 2.29 bits per heavy atom. The molecule has 1 aliphatic carbocycles. The van der Waals surface area contributed by atoms with Crippen LogP contribution in [0.1, 0.15) is 58.9 Å². The number of hydrogen-bond donors (Lipinski definition) is 2. The van der Waals surface area contributed by atoms with E-state index in [-0.39, 0.29) is 22.8 Å². The molecule has 1 aliphatic rings. The van der Waals surface area contributed by atoms with E-state index in [2.05, 4.69) is 10.6 Å². The number of fused-ring (bicyclic) bond motifs is 2. The van der Waals surface area contributed by atoms with Crippen LogP contribution in [0.5, 0.6) is 0 Å². The molecule has 146 valence electrons. The molecule has 2 amide bonds. The van der Waals surface area contributed by atoms with Gasteiger partial charge in [0.2, 0.25) is 11.7 Å². The predicted octanol–water partition coefficient (Wildman–Crippen LogP) is 3.38. The van der Waals surface area contributed by atoms with Gasteiger partial charge in [-0.25, -0.2) is 4.79 Å². The third-order valence-corrected chi connectivity index (χ3v) is 5.00. The fourth-order valence-corrected chi connectivity index (χ4v) is 3.72. The molecule has 3 rings (SSSR count). The minimum atomic E-state index is -0.896. The van der Waals surface area contributed by atoms with Crippen molar-refractivity contribution in [3.05, 3.63) is 51.2 Å². The molecule has 0 saturated heterocycles. The summed E-state index contributed by atoms with van der Waals surface area (Å²) in [5, 5.41) is 6.63. The van der Waals surface area contributed by atoms with Crippen molar-refractivity contribution in [2.24, 2.45) is 0 Å². The molecule has 28 heavy (non-hydrogen) atoms. The van der Waals surface area contributed by atoms with Gasteiger partial charge in [-0.05, 0) is 27.7 Å². The van der Waals surface area contributed by atoms with Gasteiger partial charge in [-0.1, -0.05) is 24.3 Å². The van der Waals surface area contributed by atoms with Gasteiger partial charge in [0.05, 0.1) is 16.1 Å². The van der Waals surface area contributed by atoms with Gasteiger partial charge in [-0.2, -0.15) is 0 Å². The van der Waals surface area contributed by atoms with Gasteiger partial charge in [0.1, 0.15) is 11.6 Å². The van der Waals surface area contributed by atoms with Crippen molar-refractivity contribution in [2.75, 3.05) is 5.32 Å². The molecule has 0 bridgehead atoms. The number of nitrogens with one attached hydrogen (secondary N) is 2. The van der Waals surface area contributed by atoms with Crippen molar-refractivity contribution < 1.29 is 23.9 Å². The summed E-state index contributed by atoms with van der Waals surface area (Å²) in [7, 11) is 0. The van der Waals surface area contributed by atoms with Crippen molar-refractivity contribution in [3.8, 4) is 0 Å². The first kappa shape index (κ1) is 19.8. The fourth-order valence-electron chi connectivity index (χ4n) is 2.77. The summed E-state index contributed by atoms with van der Waals surface area (Å²) in [4.78, 5) is 50.1. The lowest BCUT2D eigenvalue weighted by molar-refractivity contribution is -0.117. The van der Waals surface area contributed by atoms with E-state index in [1.54, 1.807) is 50.4 Å². The summed E-state index contributed by atoms with van der Waals surface area (Å²) in [6.45, 7) is 6.65. The smallest absolute Gasteiger partial charge is 0.408 e. The number of hydrogen-bond acceptors (Lipinski definition) is 6. The van der Waals surface area contributed by atoms with Gasteiger partial charge in [0, 0.05) is 16.5 Å². The van der Waals surface area contributed by atoms with Crippen LogP contribution in [0.4, 0.5) is 10.5 Å². The van der Waals surface area contributed by atoms with Gasteiger partial charge >= 0.3 is 6.09 Å². The number of alkyl carbamates (subject to hydrolysis) is 1. The zero-order valence-corrected chi connectivity index (χ0v) is 16.7. The van der Waals surface area contributed by atoms with E-state index in [4.69, 9.17) is 4.74 Å². The summed E-state index contributed by atoms with van der Waals surface area (Å²) in [5.74, 6) is -1.07. The van der Waals surface area contributed by atoms with Crippen molar-refractivity contribution >= 4 is 40.6 Å². The van der Waals surface area contributed by atoms with E-state index in [0.717, 1.165) is 11.3 Å². The number of rotatable bonds is 3. The second kappa shape index (κ2) is 7.20. The van der Waals surface area contributed by atoms with Gasteiger partial charge in [-0.3, -0.25) is 14.4 Å². The molecule has 0 saturated carbocycles. The minimum Gasteiger partial charge on any atom is -0.444 e. The molecule has 1 aromatic carbocycles. The van der Waals surface area contributed by atoms with E-state index >= 15 is 0 Å². The molecule has 1 atom stereocenters. The predicted molar refractivity (Wildman–Crippen MR) is 105 cm³/mol. The third-order valence-electron chi connectivity index (χ3n) is 4.03. The van der Waals surface area contributed by atoms with Crippen LogP contribution in [0.25, 0.3) is 0 Å². The largest absolute Gasteiger partial charge is 0.444 e. The summed E-state index contributed by atoms with van der Waals surface area (Å²) >= 11 is 1.11. The molecule has 1 heterocycles. The van der Waals surface area contributed by atoms with E-state index in [0.29, 0.717) is 16.0 Å². The normalized spacial score (nSPS) is 14.0. The molecule has 0 fully saturated rings. The second-order valence-electron chi connectivity index (χ2n) is 7.41. The number of benzene rings is 1. The molecule has 1 aromatic heterocycles. The highest BCUT2D eigenvalue weighted by Crippen LogP contribution is 2.36. The summed E-state index contributed by atoms with van der Waals surface area (Å²) in [6.07, 6.45) is -0.720. The Hall–Kier alpha value is -3.00. The number of ether oxygens (including phenoxy) is 1. The zero-order chi connectivity index (χ0) is 20.6. The van der Waals surface area contributed by atoms with Crippen LogP contribution in [0, 0.1) is 0 Å². The lowest BCUT2D eigenvalue weighted by Crippen LogP contribution is -2.44. The van der Waals surface area contributed by atoms with E-state index < -0.39 is 23.6 Å².